The fraction of sp³-hybridized carbons (Fsp3) is 0.516. The Morgan fingerprint density at radius 2 is 1.55 bits per heavy atom. The number of allylic oxidation sites excluding steroid dienone is 3. The summed E-state index contributed by atoms with van der Waals surface area (Å²) in [6.45, 7) is 17.1. The summed E-state index contributed by atoms with van der Waals surface area (Å²) >= 11 is 6.15. The molecule has 1 aromatic rings. The van der Waals surface area contributed by atoms with Crippen LogP contribution in [0.2, 0.25) is 5.02 Å². The van der Waals surface area contributed by atoms with E-state index in [9.17, 15) is 9.59 Å². The molecule has 0 spiro atoms. The molecule has 0 aromatic heterocycles. The van der Waals surface area contributed by atoms with E-state index in [0.717, 1.165) is 18.4 Å². The van der Waals surface area contributed by atoms with Crippen LogP contribution in [0.4, 0.5) is 0 Å². The number of nitrogens with two attached hydrogens (primary N) is 1. The van der Waals surface area contributed by atoms with Gasteiger partial charge in [-0.15, -0.1) is 4.59 Å². The fourth-order valence-electron chi connectivity index (χ4n) is 6.13. The van der Waals surface area contributed by atoms with Crippen molar-refractivity contribution in [3.8, 4) is 0 Å². The van der Waals surface area contributed by atoms with Gasteiger partial charge in [0.2, 0.25) is 11.5 Å². The Labute approximate surface area is 231 Å². The molecule has 0 bridgehead atoms. The minimum Gasteiger partial charge on any atom is -0.458 e. The number of benzene rings is 1. The summed E-state index contributed by atoms with van der Waals surface area (Å²) in [4.78, 5) is 31.4. The number of Topliss-reactive ketones (excluding diaryl/α,β-unsaturated/α-hetero) is 1. The van der Waals surface area contributed by atoms with Crippen LogP contribution >= 0.6 is 11.6 Å². The van der Waals surface area contributed by atoms with Crippen LogP contribution in [-0.4, -0.2) is 28.2 Å². The number of hydrogen-bond acceptors (Lipinski definition) is 5. The Balaban J connectivity index is 1.79. The van der Waals surface area contributed by atoms with Gasteiger partial charge in [-0.05, 0) is 41.7 Å². The number of rotatable bonds is 4. The lowest BCUT2D eigenvalue weighted by Crippen LogP contribution is -2.52. The van der Waals surface area contributed by atoms with Gasteiger partial charge in [-0.2, -0.15) is 10.8 Å². The van der Waals surface area contributed by atoms with Crippen molar-refractivity contribution in [1.29, 1.82) is 0 Å². The van der Waals surface area contributed by atoms with Crippen LogP contribution in [0, 0.1) is 28.6 Å². The second kappa shape index (κ2) is 9.89. The van der Waals surface area contributed by atoms with Gasteiger partial charge in [0.1, 0.15) is 17.9 Å². The summed E-state index contributed by atoms with van der Waals surface area (Å²) in [7, 11) is 0. The molecular formula is C31H41ClN3O3+. The Kier molecular flexibility index (Phi) is 7.41. The molecule has 38 heavy (non-hydrogen) atoms. The van der Waals surface area contributed by atoms with E-state index in [1.807, 2.05) is 12.1 Å². The van der Waals surface area contributed by atoms with Crippen LogP contribution in [0.3, 0.4) is 0 Å². The average molecular weight is 539 g/mol. The molecular weight excluding hydrogens is 498 g/mol. The van der Waals surface area contributed by atoms with Crippen molar-refractivity contribution in [2.24, 2.45) is 39.4 Å². The van der Waals surface area contributed by atoms with Crippen LogP contribution in [0.5, 0.6) is 0 Å². The van der Waals surface area contributed by atoms with Crippen molar-refractivity contribution in [3.05, 3.63) is 70.3 Å². The summed E-state index contributed by atoms with van der Waals surface area (Å²) in [6.07, 6.45) is 6.71. The monoisotopic (exact) mass is 538 g/mol. The van der Waals surface area contributed by atoms with Gasteiger partial charge in [0.05, 0.1) is 5.71 Å². The second-order valence-corrected chi connectivity index (χ2v) is 13.7. The maximum Gasteiger partial charge on any atom is 0.346 e. The normalized spacial score (nSPS) is 29.5. The number of esters is 1. The van der Waals surface area contributed by atoms with Crippen molar-refractivity contribution >= 4 is 29.1 Å². The summed E-state index contributed by atoms with van der Waals surface area (Å²) in [5.74, 6) is 7.44. The molecule has 0 saturated heterocycles. The molecule has 7 heteroatoms. The lowest BCUT2D eigenvalue weighted by Gasteiger charge is -2.50. The highest BCUT2D eigenvalue weighted by Gasteiger charge is 2.50. The highest BCUT2D eigenvalue weighted by atomic mass is 35.5. The standard InChI is InChI=1S/C31H41ClN3O3/c1-18-15-23(30(3,4)5)28(24(16-18)31(6,7)8)38-29(37)22-17-35(33)25(19(2)36)13-14-26(35)34-27(22)20-9-11-21(32)12-10-20/h9-14,17-18,23-24,28H,15-16,33H2,1-8H3/q+1. The van der Waals surface area contributed by atoms with Crippen LogP contribution in [0.25, 0.3) is 0 Å². The zero-order valence-electron chi connectivity index (χ0n) is 23.8. The lowest BCUT2D eigenvalue weighted by atomic mass is 9.59. The quantitative estimate of drug-likeness (QED) is 0.262. The fourth-order valence-corrected chi connectivity index (χ4v) is 6.26. The van der Waals surface area contributed by atoms with Crippen molar-refractivity contribution < 1.29 is 18.9 Å². The number of halogens is 1. The third-order valence-corrected chi connectivity index (χ3v) is 8.51. The average Bonchev–Trinajstić information content (AvgIpc) is 3.14. The maximum absolute atomic E-state index is 14.2. The number of ketones is 1. The number of fused-ring (bicyclic) bond motifs is 1. The topological polar surface area (TPSA) is 81.8 Å². The van der Waals surface area contributed by atoms with E-state index in [1.54, 1.807) is 30.5 Å². The Hall–Kier alpha value is -2.54. The summed E-state index contributed by atoms with van der Waals surface area (Å²) < 4.78 is 6.06. The number of quaternary nitrogens is 1. The summed E-state index contributed by atoms with van der Waals surface area (Å²) in [5.41, 5.74) is 1.68. The number of carbonyl (C=O) groups excluding carboxylic acids is 2. The first-order valence-electron chi connectivity index (χ1n) is 13.4. The molecule has 4 rings (SSSR count). The molecule has 0 amide bonds. The number of ether oxygens (including phenoxy) is 1. The van der Waals surface area contributed by atoms with Crippen molar-refractivity contribution in [1.82, 2.24) is 0 Å². The third kappa shape index (κ3) is 5.31. The minimum absolute atomic E-state index is 0.0474. The molecule has 1 aromatic carbocycles. The van der Waals surface area contributed by atoms with Crippen LogP contribution in [-0.2, 0) is 14.3 Å². The molecule has 1 fully saturated rings. The highest BCUT2D eigenvalue weighted by Crippen LogP contribution is 2.50. The van der Waals surface area contributed by atoms with Gasteiger partial charge >= 0.3 is 5.97 Å². The molecule has 3 aliphatic rings. The van der Waals surface area contributed by atoms with Gasteiger partial charge in [-0.25, -0.2) is 4.79 Å². The largest absolute Gasteiger partial charge is 0.458 e. The van der Waals surface area contributed by atoms with E-state index in [2.05, 4.69) is 48.5 Å². The molecule has 1 aliphatic carbocycles. The van der Waals surface area contributed by atoms with Crippen molar-refractivity contribution in [3.63, 3.8) is 0 Å². The van der Waals surface area contributed by atoms with E-state index in [0.29, 0.717) is 28.2 Å². The zero-order valence-corrected chi connectivity index (χ0v) is 24.6. The Morgan fingerprint density at radius 3 is 2.05 bits per heavy atom. The number of hydrogen-bond donors (Lipinski definition) is 1. The van der Waals surface area contributed by atoms with Gasteiger partial charge in [0, 0.05) is 41.5 Å². The first-order valence-corrected chi connectivity index (χ1v) is 13.8. The number of nitrogens with zero attached hydrogens (tertiary/aromatic N) is 2. The Morgan fingerprint density at radius 1 is 1.00 bits per heavy atom. The summed E-state index contributed by atoms with van der Waals surface area (Å²) in [6, 6.07) is 7.17. The van der Waals surface area contributed by atoms with Gasteiger partial charge in [-0.3, -0.25) is 4.79 Å². The van der Waals surface area contributed by atoms with E-state index < -0.39 is 10.6 Å². The van der Waals surface area contributed by atoms with E-state index in [4.69, 9.17) is 27.2 Å². The van der Waals surface area contributed by atoms with Crippen molar-refractivity contribution in [2.75, 3.05) is 0 Å². The van der Waals surface area contributed by atoms with E-state index in [1.165, 1.54) is 6.92 Å². The molecule has 2 aliphatic heterocycles. The predicted octanol–water partition coefficient (Wildman–Crippen LogP) is 6.71. The van der Waals surface area contributed by atoms with E-state index in [-0.39, 0.29) is 40.1 Å². The molecule has 2 N–H and O–H groups in total. The second-order valence-electron chi connectivity index (χ2n) is 13.3. The zero-order chi connectivity index (χ0) is 28.2. The number of aliphatic imine (C=N–C) groups is 1. The minimum atomic E-state index is -0.474. The highest BCUT2D eigenvalue weighted by molar-refractivity contribution is 6.31. The third-order valence-electron chi connectivity index (χ3n) is 8.25. The first-order chi connectivity index (χ1) is 17.5. The molecule has 3 atom stereocenters. The van der Waals surface area contributed by atoms with Gasteiger partial charge < -0.3 is 4.74 Å². The Bertz CT molecular complexity index is 1240. The first kappa shape index (κ1) is 28.5. The van der Waals surface area contributed by atoms with Crippen LogP contribution in [0.1, 0.15) is 73.8 Å². The van der Waals surface area contributed by atoms with Crippen molar-refractivity contribution in [2.45, 2.75) is 74.3 Å². The van der Waals surface area contributed by atoms with Gasteiger partial charge in [-0.1, -0.05) is 72.2 Å². The molecule has 2 heterocycles. The SMILES string of the molecule is CC(=O)C1=CC=C2N=C(c3ccc(Cl)cc3)C(C(=O)OC3C(C(C)(C)C)CC(C)CC3C(C)(C)C)=C[N+]21N. The summed E-state index contributed by atoms with van der Waals surface area (Å²) in [5, 5.41) is 0.584. The molecule has 3 unspecified atom stereocenters. The molecule has 204 valence electrons. The smallest absolute Gasteiger partial charge is 0.346 e. The van der Waals surface area contributed by atoms with Gasteiger partial charge in [0.25, 0.3) is 5.82 Å². The predicted molar refractivity (Wildman–Crippen MR) is 152 cm³/mol. The van der Waals surface area contributed by atoms with E-state index >= 15 is 0 Å². The van der Waals surface area contributed by atoms with Gasteiger partial charge in [0.15, 0.2) is 0 Å². The maximum atomic E-state index is 14.2. The van der Waals surface area contributed by atoms with Crippen LogP contribution < -0.4 is 5.84 Å². The van der Waals surface area contributed by atoms with Crippen LogP contribution in [0.15, 0.2) is 64.7 Å². The lowest BCUT2D eigenvalue weighted by molar-refractivity contribution is -0.808. The molecule has 6 nitrogen and oxygen atoms in total. The number of carbonyl (C=O) groups is 2. The molecule has 0 radical (unpaired) electrons. The molecule has 1 saturated carbocycles.